The molecule has 4 nitrogen and oxygen atoms in total. The van der Waals surface area contributed by atoms with Gasteiger partial charge in [0.1, 0.15) is 0 Å². The van der Waals surface area contributed by atoms with E-state index in [2.05, 4.69) is 4.98 Å². The van der Waals surface area contributed by atoms with Gasteiger partial charge in [0.25, 0.3) is 0 Å². The van der Waals surface area contributed by atoms with Crippen LogP contribution in [0.2, 0.25) is 0 Å². The van der Waals surface area contributed by atoms with Gasteiger partial charge in [-0.1, -0.05) is 11.6 Å². The summed E-state index contributed by atoms with van der Waals surface area (Å²) in [5.41, 5.74) is 3.35. The number of hydrogen-bond acceptors (Lipinski definition) is 3. The van der Waals surface area contributed by atoms with Gasteiger partial charge in [0, 0.05) is 23.8 Å². The number of fused-ring (bicyclic) bond motifs is 1. The zero-order valence-corrected chi connectivity index (χ0v) is 10.7. The summed E-state index contributed by atoms with van der Waals surface area (Å²) in [5, 5.41) is 10.1. The molecule has 0 unspecified atom stereocenters. The van der Waals surface area contributed by atoms with Gasteiger partial charge >= 0.3 is 5.97 Å². The fraction of sp³-hybridized carbons (Fsp3) is 0.286. The first-order valence-electron chi connectivity index (χ1n) is 5.66. The number of carboxylic acid groups (broad SMARTS) is 1. The second kappa shape index (κ2) is 4.74. The third kappa shape index (κ3) is 2.07. The molecule has 18 heavy (non-hydrogen) atoms. The Kier molecular flexibility index (Phi) is 3.30. The maximum absolute atomic E-state index is 11.5. The Bertz CT molecular complexity index is 620. The summed E-state index contributed by atoms with van der Waals surface area (Å²) >= 11 is 0. The van der Waals surface area contributed by atoms with Crippen LogP contribution in [0, 0.1) is 13.8 Å². The summed E-state index contributed by atoms with van der Waals surface area (Å²) in [4.78, 5) is 15.9. The number of nitrogens with zero attached hydrogens (tertiary/aromatic N) is 1. The van der Waals surface area contributed by atoms with Gasteiger partial charge in [0.2, 0.25) is 0 Å². The predicted molar refractivity (Wildman–Crippen MR) is 68.9 cm³/mol. The highest BCUT2D eigenvalue weighted by Gasteiger charge is 2.18. The number of methoxy groups -OCH3 is 1. The maximum atomic E-state index is 11.5. The summed E-state index contributed by atoms with van der Waals surface area (Å²) in [7, 11) is 1.55. The van der Waals surface area contributed by atoms with Crippen LogP contribution in [-0.2, 0) is 11.3 Å². The van der Waals surface area contributed by atoms with Crippen LogP contribution in [0.25, 0.3) is 10.9 Å². The smallest absolute Gasteiger partial charge is 0.336 e. The van der Waals surface area contributed by atoms with E-state index in [0.717, 1.165) is 5.56 Å². The van der Waals surface area contributed by atoms with Gasteiger partial charge < -0.3 is 9.84 Å². The van der Waals surface area contributed by atoms with Crippen LogP contribution < -0.4 is 0 Å². The summed E-state index contributed by atoms with van der Waals surface area (Å²) in [6, 6.07) is 5.63. The first-order chi connectivity index (χ1) is 8.54. The quantitative estimate of drug-likeness (QED) is 0.903. The summed E-state index contributed by atoms with van der Waals surface area (Å²) < 4.78 is 5.08. The van der Waals surface area contributed by atoms with E-state index >= 15 is 0 Å². The van der Waals surface area contributed by atoms with Crippen molar-refractivity contribution in [2.45, 2.75) is 20.5 Å². The van der Waals surface area contributed by atoms with Crippen LogP contribution in [-0.4, -0.2) is 23.2 Å². The van der Waals surface area contributed by atoms with E-state index in [0.29, 0.717) is 27.7 Å². The minimum atomic E-state index is -0.942. The molecule has 2 aromatic rings. The van der Waals surface area contributed by atoms with Crippen molar-refractivity contribution in [2.24, 2.45) is 0 Å². The van der Waals surface area contributed by atoms with Crippen molar-refractivity contribution < 1.29 is 14.6 Å². The molecule has 0 amide bonds. The number of rotatable bonds is 3. The lowest BCUT2D eigenvalue weighted by Gasteiger charge is -2.12. The van der Waals surface area contributed by atoms with Gasteiger partial charge in [-0.2, -0.15) is 0 Å². The number of ether oxygens (including phenoxy) is 1. The van der Waals surface area contributed by atoms with Crippen molar-refractivity contribution in [3.63, 3.8) is 0 Å². The number of benzene rings is 1. The highest BCUT2D eigenvalue weighted by Crippen LogP contribution is 2.25. The van der Waals surface area contributed by atoms with E-state index in [-0.39, 0.29) is 6.61 Å². The van der Waals surface area contributed by atoms with Crippen LogP contribution in [0.1, 0.15) is 27.2 Å². The number of carboxylic acids is 1. The Labute approximate surface area is 105 Å². The summed E-state index contributed by atoms with van der Waals surface area (Å²) in [5.74, 6) is -0.942. The predicted octanol–water partition coefficient (Wildman–Crippen LogP) is 2.70. The Morgan fingerprint density at radius 2 is 2.11 bits per heavy atom. The van der Waals surface area contributed by atoms with E-state index in [1.165, 1.54) is 0 Å². The van der Waals surface area contributed by atoms with Gasteiger partial charge in [-0.15, -0.1) is 0 Å². The molecular weight excluding hydrogens is 230 g/mol. The molecule has 94 valence electrons. The van der Waals surface area contributed by atoms with Crippen molar-refractivity contribution in [1.82, 2.24) is 4.98 Å². The minimum Gasteiger partial charge on any atom is -0.478 e. The standard InChI is InChI=1S/C14H15NO3/c1-8-4-5-12-10(6-8)13(14(16)17)11(7-18-3)9(2)15-12/h4-6H,7H2,1-3H3,(H,16,17). The molecule has 1 aromatic carbocycles. The Morgan fingerprint density at radius 1 is 1.39 bits per heavy atom. The molecule has 4 heteroatoms. The minimum absolute atomic E-state index is 0.254. The number of hydrogen-bond donors (Lipinski definition) is 1. The zero-order valence-electron chi connectivity index (χ0n) is 10.7. The molecule has 2 rings (SSSR count). The molecule has 0 spiro atoms. The van der Waals surface area contributed by atoms with Gasteiger partial charge in [-0.25, -0.2) is 4.79 Å². The van der Waals surface area contributed by atoms with Crippen LogP contribution in [0.3, 0.4) is 0 Å². The molecule has 0 saturated heterocycles. The molecule has 0 saturated carbocycles. The Morgan fingerprint density at radius 3 is 2.72 bits per heavy atom. The van der Waals surface area contributed by atoms with Gasteiger partial charge in [-0.3, -0.25) is 4.98 Å². The largest absolute Gasteiger partial charge is 0.478 e. The normalized spacial score (nSPS) is 10.8. The second-order valence-corrected chi connectivity index (χ2v) is 4.31. The number of aromatic nitrogens is 1. The highest BCUT2D eigenvalue weighted by atomic mass is 16.5. The maximum Gasteiger partial charge on any atom is 0.336 e. The summed E-state index contributed by atoms with van der Waals surface area (Å²) in [6.45, 7) is 3.99. The van der Waals surface area contributed by atoms with Crippen LogP contribution >= 0.6 is 0 Å². The third-order valence-corrected chi connectivity index (χ3v) is 2.95. The summed E-state index contributed by atoms with van der Waals surface area (Å²) in [6.07, 6.45) is 0. The van der Waals surface area contributed by atoms with Crippen molar-refractivity contribution in [2.75, 3.05) is 7.11 Å². The molecule has 0 atom stereocenters. The molecule has 0 aliphatic rings. The van der Waals surface area contributed by atoms with Crippen molar-refractivity contribution >= 4 is 16.9 Å². The van der Waals surface area contributed by atoms with Crippen LogP contribution in [0.5, 0.6) is 0 Å². The molecule has 0 fully saturated rings. The number of aryl methyl sites for hydroxylation is 2. The van der Waals surface area contributed by atoms with Crippen molar-refractivity contribution in [3.05, 3.63) is 40.6 Å². The van der Waals surface area contributed by atoms with Gasteiger partial charge in [-0.05, 0) is 26.0 Å². The topological polar surface area (TPSA) is 59.4 Å². The SMILES string of the molecule is COCc1c(C)nc2ccc(C)cc2c1C(=O)O. The van der Waals surface area contributed by atoms with Crippen LogP contribution in [0.15, 0.2) is 18.2 Å². The molecule has 0 aliphatic carbocycles. The lowest BCUT2D eigenvalue weighted by atomic mass is 10.00. The first-order valence-corrected chi connectivity index (χ1v) is 5.66. The van der Waals surface area contributed by atoms with E-state index in [1.807, 2.05) is 25.1 Å². The van der Waals surface area contributed by atoms with Crippen LogP contribution in [0.4, 0.5) is 0 Å². The van der Waals surface area contributed by atoms with E-state index < -0.39 is 5.97 Å². The lowest BCUT2D eigenvalue weighted by Crippen LogP contribution is -2.08. The molecule has 1 heterocycles. The zero-order chi connectivity index (χ0) is 13.3. The molecule has 0 bridgehead atoms. The highest BCUT2D eigenvalue weighted by molar-refractivity contribution is 6.04. The van der Waals surface area contributed by atoms with E-state index in [1.54, 1.807) is 14.0 Å². The molecular formula is C14H15NO3. The number of pyridine rings is 1. The third-order valence-electron chi connectivity index (χ3n) is 2.95. The molecule has 0 aliphatic heterocycles. The number of aromatic carboxylic acids is 1. The van der Waals surface area contributed by atoms with Gasteiger partial charge in [0.05, 0.1) is 17.7 Å². The van der Waals surface area contributed by atoms with Gasteiger partial charge in [0.15, 0.2) is 0 Å². The average molecular weight is 245 g/mol. The Hall–Kier alpha value is -1.94. The van der Waals surface area contributed by atoms with E-state index in [4.69, 9.17) is 4.74 Å². The fourth-order valence-electron chi connectivity index (χ4n) is 2.10. The average Bonchev–Trinajstić information content (AvgIpc) is 2.30. The second-order valence-electron chi connectivity index (χ2n) is 4.31. The monoisotopic (exact) mass is 245 g/mol. The fourth-order valence-corrected chi connectivity index (χ4v) is 2.10. The molecule has 0 radical (unpaired) electrons. The molecule has 1 N–H and O–H groups in total. The van der Waals surface area contributed by atoms with E-state index in [9.17, 15) is 9.90 Å². The Balaban J connectivity index is 2.86. The van der Waals surface area contributed by atoms with Crippen molar-refractivity contribution in [1.29, 1.82) is 0 Å². The number of carbonyl (C=O) groups is 1. The molecule has 1 aromatic heterocycles. The lowest BCUT2D eigenvalue weighted by molar-refractivity contribution is 0.0694. The first kappa shape index (κ1) is 12.5. The van der Waals surface area contributed by atoms with Crippen molar-refractivity contribution in [3.8, 4) is 0 Å².